The van der Waals surface area contributed by atoms with E-state index in [1.165, 1.54) is 0 Å². The number of aliphatic hydroxyl groups is 1. The maximum Gasteiger partial charge on any atom is 0.254 e. The molecule has 2 unspecified atom stereocenters. The van der Waals surface area contributed by atoms with Crippen molar-refractivity contribution in [3.05, 3.63) is 34.9 Å². The minimum absolute atomic E-state index is 0.103. The third-order valence-corrected chi connectivity index (χ3v) is 4.05. The number of carbonyl (C=O) groups is 1. The average molecular weight is 261 g/mol. The van der Waals surface area contributed by atoms with Crippen LogP contribution in [0.5, 0.6) is 0 Å². The fourth-order valence-corrected chi connectivity index (χ4v) is 2.72. The molecule has 104 valence electrons. The molecule has 1 aromatic rings. The molecule has 0 spiro atoms. The molecule has 19 heavy (non-hydrogen) atoms. The predicted octanol–water partition coefficient (Wildman–Crippen LogP) is 2.54. The number of benzene rings is 1. The van der Waals surface area contributed by atoms with Crippen LogP contribution >= 0.6 is 0 Å². The van der Waals surface area contributed by atoms with Gasteiger partial charge in [0.05, 0.1) is 6.10 Å². The molecular formula is C16H23NO2. The van der Waals surface area contributed by atoms with Gasteiger partial charge in [-0.1, -0.05) is 17.7 Å². The van der Waals surface area contributed by atoms with Crippen LogP contribution in [0.15, 0.2) is 18.2 Å². The third kappa shape index (κ3) is 3.16. The van der Waals surface area contributed by atoms with Crippen LogP contribution in [0.1, 0.15) is 41.3 Å². The predicted molar refractivity (Wildman–Crippen MR) is 76.2 cm³/mol. The highest BCUT2D eigenvalue weighted by Crippen LogP contribution is 2.22. The molecule has 1 N–H and O–H groups in total. The smallest absolute Gasteiger partial charge is 0.254 e. The summed E-state index contributed by atoms with van der Waals surface area (Å²) in [7, 11) is 0. The molecule has 1 heterocycles. The number of rotatable bonds is 2. The quantitative estimate of drug-likeness (QED) is 0.888. The molecule has 1 fully saturated rings. The molecule has 0 aliphatic carbocycles. The number of hydrogen-bond acceptors (Lipinski definition) is 2. The molecule has 0 radical (unpaired) electrons. The van der Waals surface area contributed by atoms with Crippen LogP contribution in [0.4, 0.5) is 0 Å². The molecule has 0 aromatic heterocycles. The Bertz CT molecular complexity index is 468. The molecule has 1 saturated heterocycles. The van der Waals surface area contributed by atoms with Gasteiger partial charge in [-0.05, 0) is 45.2 Å². The topological polar surface area (TPSA) is 40.5 Å². The Morgan fingerprint density at radius 1 is 1.42 bits per heavy atom. The van der Waals surface area contributed by atoms with E-state index in [9.17, 15) is 9.90 Å². The zero-order chi connectivity index (χ0) is 14.0. The lowest BCUT2D eigenvalue weighted by Gasteiger charge is -2.34. The highest BCUT2D eigenvalue weighted by atomic mass is 16.3. The third-order valence-electron chi connectivity index (χ3n) is 4.05. The van der Waals surface area contributed by atoms with Crippen LogP contribution in [0.2, 0.25) is 0 Å². The second kappa shape index (κ2) is 5.74. The van der Waals surface area contributed by atoms with Gasteiger partial charge in [0.2, 0.25) is 0 Å². The maximum absolute atomic E-state index is 12.6. The summed E-state index contributed by atoms with van der Waals surface area (Å²) in [6, 6.07) is 5.99. The fourth-order valence-electron chi connectivity index (χ4n) is 2.72. The lowest BCUT2D eigenvalue weighted by atomic mass is 9.92. The van der Waals surface area contributed by atoms with Gasteiger partial charge < -0.3 is 10.0 Å². The summed E-state index contributed by atoms with van der Waals surface area (Å²) in [5.41, 5.74) is 2.93. The van der Waals surface area contributed by atoms with Crippen LogP contribution < -0.4 is 0 Å². The van der Waals surface area contributed by atoms with E-state index < -0.39 is 0 Å². The highest BCUT2D eigenvalue weighted by molar-refractivity contribution is 5.95. The molecule has 1 aliphatic heterocycles. The summed E-state index contributed by atoms with van der Waals surface area (Å²) in [4.78, 5) is 14.5. The maximum atomic E-state index is 12.6. The van der Waals surface area contributed by atoms with E-state index in [0.717, 1.165) is 36.1 Å². The fraction of sp³-hybridized carbons (Fsp3) is 0.562. The van der Waals surface area contributed by atoms with Crippen molar-refractivity contribution >= 4 is 5.91 Å². The molecule has 3 heteroatoms. The molecule has 1 aliphatic rings. The Kier molecular flexibility index (Phi) is 4.25. The Morgan fingerprint density at radius 2 is 2.16 bits per heavy atom. The molecule has 3 nitrogen and oxygen atoms in total. The van der Waals surface area contributed by atoms with Crippen molar-refractivity contribution in [1.29, 1.82) is 0 Å². The van der Waals surface area contributed by atoms with Crippen molar-refractivity contribution in [2.24, 2.45) is 5.92 Å². The molecule has 0 saturated carbocycles. The van der Waals surface area contributed by atoms with E-state index in [2.05, 4.69) is 0 Å². The first kappa shape index (κ1) is 14.1. The monoisotopic (exact) mass is 261 g/mol. The van der Waals surface area contributed by atoms with Gasteiger partial charge >= 0.3 is 0 Å². The van der Waals surface area contributed by atoms with Crippen molar-refractivity contribution in [3.63, 3.8) is 0 Å². The first-order valence-electron chi connectivity index (χ1n) is 7.03. The molecule has 2 rings (SSSR count). The first-order chi connectivity index (χ1) is 8.99. The summed E-state index contributed by atoms with van der Waals surface area (Å²) in [6.45, 7) is 7.27. The lowest BCUT2D eigenvalue weighted by Crippen LogP contribution is -2.43. The minimum atomic E-state index is -0.339. The van der Waals surface area contributed by atoms with Crippen LogP contribution in [-0.2, 0) is 0 Å². The van der Waals surface area contributed by atoms with E-state index in [0.29, 0.717) is 6.54 Å². The Morgan fingerprint density at radius 3 is 2.84 bits per heavy atom. The second-order valence-electron chi connectivity index (χ2n) is 5.71. The Hall–Kier alpha value is -1.35. The molecular weight excluding hydrogens is 238 g/mol. The average Bonchev–Trinajstić information content (AvgIpc) is 2.41. The van der Waals surface area contributed by atoms with E-state index >= 15 is 0 Å². The summed E-state index contributed by atoms with van der Waals surface area (Å²) in [5, 5.41) is 9.71. The molecule has 2 atom stereocenters. The van der Waals surface area contributed by atoms with Gasteiger partial charge in [-0.3, -0.25) is 4.79 Å². The number of piperidine rings is 1. The second-order valence-corrected chi connectivity index (χ2v) is 5.71. The number of aliphatic hydroxyl groups excluding tert-OH is 1. The van der Waals surface area contributed by atoms with Gasteiger partial charge in [0.25, 0.3) is 5.91 Å². The number of hydrogen-bond donors (Lipinski definition) is 1. The van der Waals surface area contributed by atoms with Gasteiger partial charge in [0.15, 0.2) is 0 Å². The van der Waals surface area contributed by atoms with Crippen LogP contribution in [-0.4, -0.2) is 35.1 Å². The van der Waals surface area contributed by atoms with Crippen LogP contribution in [0.3, 0.4) is 0 Å². The van der Waals surface area contributed by atoms with Crippen LogP contribution in [0, 0.1) is 19.8 Å². The summed E-state index contributed by atoms with van der Waals surface area (Å²) < 4.78 is 0. The van der Waals surface area contributed by atoms with Crippen molar-refractivity contribution < 1.29 is 9.90 Å². The zero-order valence-electron chi connectivity index (χ0n) is 12.0. The van der Waals surface area contributed by atoms with Gasteiger partial charge in [0.1, 0.15) is 0 Å². The number of aryl methyl sites for hydroxylation is 2. The zero-order valence-corrected chi connectivity index (χ0v) is 12.0. The van der Waals surface area contributed by atoms with E-state index in [1.54, 1.807) is 0 Å². The molecule has 1 aromatic carbocycles. The van der Waals surface area contributed by atoms with Gasteiger partial charge in [-0.15, -0.1) is 0 Å². The minimum Gasteiger partial charge on any atom is -0.393 e. The number of amides is 1. The van der Waals surface area contributed by atoms with Crippen LogP contribution in [0.25, 0.3) is 0 Å². The SMILES string of the molecule is Cc1ccc(C)c(C(=O)N2CCCC(C(C)O)C2)c1. The normalized spacial score (nSPS) is 21.3. The van der Waals surface area contributed by atoms with Crippen molar-refractivity contribution in [2.45, 2.75) is 39.7 Å². The standard InChI is InChI=1S/C16H23NO2/c1-11-6-7-12(2)15(9-11)16(19)17-8-4-5-14(10-17)13(3)18/h6-7,9,13-14,18H,4-5,8,10H2,1-3H3. The number of carbonyl (C=O) groups excluding carboxylic acids is 1. The van der Waals surface area contributed by atoms with Crippen molar-refractivity contribution in [2.75, 3.05) is 13.1 Å². The number of likely N-dealkylation sites (tertiary alicyclic amines) is 1. The van der Waals surface area contributed by atoms with E-state index in [-0.39, 0.29) is 17.9 Å². The van der Waals surface area contributed by atoms with Gasteiger partial charge in [0, 0.05) is 24.6 Å². The summed E-state index contributed by atoms with van der Waals surface area (Å²) >= 11 is 0. The van der Waals surface area contributed by atoms with E-state index in [4.69, 9.17) is 0 Å². The summed E-state index contributed by atoms with van der Waals surface area (Å²) in [5.74, 6) is 0.314. The van der Waals surface area contributed by atoms with Gasteiger partial charge in [-0.2, -0.15) is 0 Å². The summed E-state index contributed by atoms with van der Waals surface area (Å²) in [6.07, 6.45) is 1.65. The highest BCUT2D eigenvalue weighted by Gasteiger charge is 2.27. The Labute approximate surface area is 115 Å². The lowest BCUT2D eigenvalue weighted by molar-refractivity contribution is 0.0465. The Balaban J connectivity index is 2.17. The largest absolute Gasteiger partial charge is 0.393 e. The number of nitrogens with zero attached hydrogens (tertiary/aromatic N) is 1. The van der Waals surface area contributed by atoms with Gasteiger partial charge in [-0.25, -0.2) is 0 Å². The first-order valence-corrected chi connectivity index (χ1v) is 7.03. The van der Waals surface area contributed by atoms with Crippen molar-refractivity contribution in [1.82, 2.24) is 4.90 Å². The van der Waals surface area contributed by atoms with E-state index in [1.807, 2.05) is 43.9 Å². The van der Waals surface area contributed by atoms with Crippen molar-refractivity contribution in [3.8, 4) is 0 Å². The molecule has 0 bridgehead atoms. The molecule has 1 amide bonds.